The maximum atomic E-state index is 13.8. The van der Waals surface area contributed by atoms with Crippen molar-refractivity contribution in [2.24, 2.45) is 0 Å². The molecule has 1 aromatic heterocycles. The molecule has 0 atom stereocenters. The number of imidazole rings is 1. The number of aromatic nitrogens is 2. The fourth-order valence-electron chi connectivity index (χ4n) is 1.96. The van der Waals surface area contributed by atoms with Gasteiger partial charge in [0.05, 0.1) is 0 Å². The Bertz CT molecular complexity index is 578. The van der Waals surface area contributed by atoms with Crippen LogP contribution in [0.15, 0.2) is 22.7 Å². The molecule has 18 heavy (non-hydrogen) atoms. The quantitative estimate of drug-likeness (QED) is 0.938. The van der Waals surface area contributed by atoms with Crippen molar-refractivity contribution in [3.63, 3.8) is 0 Å². The Morgan fingerprint density at radius 2 is 2.17 bits per heavy atom. The highest BCUT2D eigenvalue weighted by atomic mass is 79.9. The molecule has 0 radical (unpaired) electrons. The fraction of sp³-hybridized carbons (Fsp3) is 0.308. The SMILES string of the molecule is CCCn1c(C)nc(-c2cc(Br)ccc2F)c1N. The molecule has 1 heterocycles. The number of rotatable bonds is 3. The van der Waals surface area contributed by atoms with Gasteiger partial charge in [-0.2, -0.15) is 0 Å². The summed E-state index contributed by atoms with van der Waals surface area (Å²) >= 11 is 3.33. The van der Waals surface area contributed by atoms with Gasteiger partial charge in [-0.25, -0.2) is 9.37 Å². The molecule has 0 saturated heterocycles. The van der Waals surface area contributed by atoms with Gasteiger partial charge in [0.2, 0.25) is 0 Å². The van der Waals surface area contributed by atoms with Crippen molar-refractivity contribution in [3.8, 4) is 11.3 Å². The molecule has 0 saturated carbocycles. The minimum atomic E-state index is -0.314. The number of nitrogen functional groups attached to an aromatic ring is 1. The number of benzene rings is 1. The average molecular weight is 312 g/mol. The van der Waals surface area contributed by atoms with Crippen LogP contribution in [0.3, 0.4) is 0 Å². The molecule has 0 amide bonds. The summed E-state index contributed by atoms with van der Waals surface area (Å²) in [4.78, 5) is 4.38. The first kappa shape index (κ1) is 13.1. The van der Waals surface area contributed by atoms with E-state index in [0.29, 0.717) is 17.1 Å². The van der Waals surface area contributed by atoms with E-state index in [-0.39, 0.29) is 5.82 Å². The summed E-state index contributed by atoms with van der Waals surface area (Å²) in [6, 6.07) is 4.77. The van der Waals surface area contributed by atoms with Gasteiger partial charge in [0, 0.05) is 16.6 Å². The van der Waals surface area contributed by atoms with E-state index >= 15 is 0 Å². The van der Waals surface area contributed by atoms with Crippen LogP contribution in [-0.2, 0) is 6.54 Å². The first-order chi connectivity index (χ1) is 8.54. The van der Waals surface area contributed by atoms with E-state index in [2.05, 4.69) is 27.8 Å². The van der Waals surface area contributed by atoms with E-state index in [1.165, 1.54) is 6.07 Å². The van der Waals surface area contributed by atoms with E-state index in [0.717, 1.165) is 23.3 Å². The molecule has 3 nitrogen and oxygen atoms in total. The monoisotopic (exact) mass is 311 g/mol. The van der Waals surface area contributed by atoms with Gasteiger partial charge < -0.3 is 10.3 Å². The highest BCUT2D eigenvalue weighted by molar-refractivity contribution is 9.10. The smallest absolute Gasteiger partial charge is 0.132 e. The Morgan fingerprint density at radius 3 is 2.83 bits per heavy atom. The van der Waals surface area contributed by atoms with Gasteiger partial charge in [0.1, 0.15) is 23.2 Å². The summed E-state index contributed by atoms with van der Waals surface area (Å²) in [5.41, 5.74) is 7.00. The van der Waals surface area contributed by atoms with Gasteiger partial charge in [0.25, 0.3) is 0 Å². The minimum absolute atomic E-state index is 0.314. The molecule has 0 spiro atoms. The second-order valence-electron chi connectivity index (χ2n) is 4.17. The normalized spacial score (nSPS) is 10.9. The number of anilines is 1. The van der Waals surface area contributed by atoms with Crippen molar-refractivity contribution in [2.45, 2.75) is 26.8 Å². The van der Waals surface area contributed by atoms with Crippen LogP contribution in [0.5, 0.6) is 0 Å². The number of hydrogen-bond donors (Lipinski definition) is 1. The molecule has 0 fully saturated rings. The zero-order valence-corrected chi connectivity index (χ0v) is 12.0. The molecule has 0 aliphatic carbocycles. The zero-order valence-electron chi connectivity index (χ0n) is 10.4. The largest absolute Gasteiger partial charge is 0.383 e. The highest BCUT2D eigenvalue weighted by Crippen LogP contribution is 2.30. The summed E-state index contributed by atoms with van der Waals surface area (Å²) in [6.07, 6.45) is 0.960. The molecule has 0 aliphatic heterocycles. The standard InChI is InChI=1S/C13H15BrFN3/c1-3-6-18-8(2)17-12(13(18)16)10-7-9(14)4-5-11(10)15/h4-5,7H,3,6,16H2,1-2H3. The molecule has 2 N–H and O–H groups in total. The lowest BCUT2D eigenvalue weighted by molar-refractivity contribution is 0.630. The summed E-state index contributed by atoms with van der Waals surface area (Å²) in [5, 5.41) is 0. The molecule has 96 valence electrons. The van der Waals surface area contributed by atoms with Gasteiger partial charge in [-0.15, -0.1) is 0 Å². The summed E-state index contributed by atoms with van der Waals surface area (Å²) in [7, 11) is 0. The predicted octanol–water partition coefficient (Wildman–Crippen LogP) is 3.75. The third-order valence-electron chi connectivity index (χ3n) is 2.83. The van der Waals surface area contributed by atoms with Crippen LogP contribution in [0.2, 0.25) is 0 Å². The second-order valence-corrected chi connectivity index (χ2v) is 5.08. The Labute approximate surface area is 114 Å². The summed E-state index contributed by atoms with van der Waals surface area (Å²) in [6.45, 7) is 4.74. The number of aryl methyl sites for hydroxylation is 1. The van der Waals surface area contributed by atoms with Crippen molar-refractivity contribution < 1.29 is 4.39 Å². The van der Waals surface area contributed by atoms with E-state index in [4.69, 9.17) is 5.73 Å². The van der Waals surface area contributed by atoms with Crippen molar-refractivity contribution in [1.29, 1.82) is 0 Å². The Morgan fingerprint density at radius 1 is 1.44 bits per heavy atom. The Hall–Kier alpha value is -1.36. The van der Waals surface area contributed by atoms with E-state index in [9.17, 15) is 4.39 Å². The Balaban J connectivity index is 2.57. The molecular weight excluding hydrogens is 297 g/mol. The van der Waals surface area contributed by atoms with E-state index in [1.54, 1.807) is 12.1 Å². The van der Waals surface area contributed by atoms with E-state index in [1.807, 2.05) is 11.5 Å². The molecule has 2 rings (SSSR count). The minimum Gasteiger partial charge on any atom is -0.383 e. The van der Waals surface area contributed by atoms with Gasteiger partial charge in [-0.1, -0.05) is 22.9 Å². The second kappa shape index (κ2) is 5.10. The third-order valence-corrected chi connectivity index (χ3v) is 3.32. The zero-order chi connectivity index (χ0) is 13.3. The lowest BCUT2D eigenvalue weighted by Crippen LogP contribution is -2.04. The predicted molar refractivity (Wildman–Crippen MR) is 74.8 cm³/mol. The molecule has 5 heteroatoms. The van der Waals surface area contributed by atoms with Crippen LogP contribution in [0.1, 0.15) is 19.2 Å². The number of halogens is 2. The van der Waals surface area contributed by atoms with Gasteiger partial charge in [-0.05, 0) is 31.5 Å². The maximum Gasteiger partial charge on any atom is 0.132 e. The number of hydrogen-bond acceptors (Lipinski definition) is 2. The average Bonchev–Trinajstić information content (AvgIpc) is 2.61. The first-order valence-electron chi connectivity index (χ1n) is 5.82. The molecular formula is C13H15BrFN3. The number of nitrogens with zero attached hydrogens (tertiary/aromatic N) is 2. The molecule has 1 aromatic carbocycles. The van der Waals surface area contributed by atoms with Crippen LogP contribution in [0.4, 0.5) is 10.2 Å². The molecule has 2 aromatic rings. The van der Waals surface area contributed by atoms with Crippen molar-refractivity contribution in [1.82, 2.24) is 9.55 Å². The van der Waals surface area contributed by atoms with Crippen LogP contribution >= 0.6 is 15.9 Å². The molecule has 0 unspecified atom stereocenters. The van der Waals surface area contributed by atoms with Crippen molar-refractivity contribution in [2.75, 3.05) is 5.73 Å². The Kier molecular flexibility index (Phi) is 3.71. The molecule has 0 bridgehead atoms. The first-order valence-corrected chi connectivity index (χ1v) is 6.62. The molecule has 0 aliphatic rings. The fourth-order valence-corrected chi connectivity index (χ4v) is 2.33. The van der Waals surface area contributed by atoms with Gasteiger partial charge in [0.15, 0.2) is 0 Å². The van der Waals surface area contributed by atoms with Crippen molar-refractivity contribution in [3.05, 3.63) is 34.3 Å². The number of nitrogens with two attached hydrogens (primary N) is 1. The summed E-state index contributed by atoms with van der Waals surface area (Å²) in [5.74, 6) is 1.01. The van der Waals surface area contributed by atoms with E-state index < -0.39 is 0 Å². The lowest BCUT2D eigenvalue weighted by atomic mass is 10.1. The topological polar surface area (TPSA) is 43.8 Å². The van der Waals surface area contributed by atoms with Crippen LogP contribution in [0.25, 0.3) is 11.3 Å². The highest BCUT2D eigenvalue weighted by Gasteiger charge is 2.16. The summed E-state index contributed by atoms with van der Waals surface area (Å²) < 4.78 is 16.6. The van der Waals surface area contributed by atoms with Gasteiger partial charge in [-0.3, -0.25) is 0 Å². The van der Waals surface area contributed by atoms with Crippen LogP contribution < -0.4 is 5.73 Å². The lowest BCUT2D eigenvalue weighted by Gasteiger charge is -2.06. The van der Waals surface area contributed by atoms with Crippen LogP contribution in [-0.4, -0.2) is 9.55 Å². The van der Waals surface area contributed by atoms with Crippen molar-refractivity contribution >= 4 is 21.7 Å². The maximum absolute atomic E-state index is 13.8. The van der Waals surface area contributed by atoms with Gasteiger partial charge >= 0.3 is 0 Å². The van der Waals surface area contributed by atoms with Crippen LogP contribution in [0, 0.1) is 12.7 Å². The third kappa shape index (κ3) is 2.27.